The van der Waals surface area contributed by atoms with Crippen LogP contribution in [0.3, 0.4) is 0 Å². The fourth-order valence-corrected chi connectivity index (χ4v) is 5.95. The minimum Gasteiger partial charge on any atom is -0.480 e. The van der Waals surface area contributed by atoms with Crippen LogP contribution in [-0.4, -0.2) is 83.3 Å². The molecular weight excluding hydrogens is 706 g/mol. The van der Waals surface area contributed by atoms with E-state index < -0.39 is 36.9 Å². The maximum Gasteiger partial charge on any atom is 0.323 e. The van der Waals surface area contributed by atoms with Crippen molar-refractivity contribution in [1.29, 1.82) is 0 Å². The molecule has 0 saturated heterocycles. The van der Waals surface area contributed by atoms with Crippen molar-refractivity contribution in [2.75, 3.05) is 26.3 Å². The fraction of sp³-hybridized carbons (Fsp3) is 0.767. The van der Waals surface area contributed by atoms with Gasteiger partial charge in [0.05, 0.1) is 6.42 Å². The van der Waals surface area contributed by atoms with Gasteiger partial charge in [-0.05, 0) is 64.2 Å². The number of nitrogens with zero attached hydrogens (tertiary/aromatic N) is 1. The van der Waals surface area contributed by atoms with E-state index >= 15 is 0 Å². The molecule has 2 N–H and O–H groups in total. The average Bonchev–Trinajstić information content (AvgIpc) is 3.14. The number of carbonyl (C=O) groups is 6. The van der Waals surface area contributed by atoms with Gasteiger partial charge in [0, 0.05) is 19.3 Å². The molecule has 0 fully saturated rings. The molecule has 316 valence electrons. The molecule has 0 aliphatic carbocycles. The van der Waals surface area contributed by atoms with Crippen LogP contribution >= 0.6 is 0 Å². The van der Waals surface area contributed by atoms with Gasteiger partial charge in [0.25, 0.3) is 0 Å². The molecule has 0 aliphatic rings. The Balaban J connectivity index is 4.57. The molecule has 0 bridgehead atoms. The van der Waals surface area contributed by atoms with Gasteiger partial charge < -0.3 is 29.3 Å². The highest BCUT2D eigenvalue weighted by molar-refractivity contribution is 5.87. The van der Waals surface area contributed by atoms with Crippen molar-refractivity contribution in [2.45, 2.75) is 187 Å². The van der Waals surface area contributed by atoms with Crippen molar-refractivity contribution in [1.82, 2.24) is 4.90 Å². The number of allylic oxidation sites excluding steroid dienone is 2. The highest BCUT2D eigenvalue weighted by Gasteiger charge is 2.22. The van der Waals surface area contributed by atoms with E-state index in [0.717, 1.165) is 89.9 Å². The summed E-state index contributed by atoms with van der Waals surface area (Å²) in [6, 6.07) is 0. The minimum absolute atomic E-state index is 0.189. The third-order valence-corrected chi connectivity index (χ3v) is 9.12. The Bertz CT molecular complexity index is 1040. The van der Waals surface area contributed by atoms with E-state index in [9.17, 15) is 28.8 Å². The molecule has 0 saturated carbocycles. The number of hydrogen-bond acceptors (Lipinski definition) is 9. The summed E-state index contributed by atoms with van der Waals surface area (Å²) in [5.74, 6) is -4.39. The molecule has 0 heterocycles. The highest BCUT2D eigenvalue weighted by Crippen LogP contribution is 2.18. The van der Waals surface area contributed by atoms with Crippen LogP contribution in [0.1, 0.15) is 181 Å². The van der Waals surface area contributed by atoms with Crippen LogP contribution in [0.15, 0.2) is 24.3 Å². The van der Waals surface area contributed by atoms with Gasteiger partial charge >= 0.3 is 29.8 Å². The lowest BCUT2D eigenvalue weighted by atomic mass is 10.0. The zero-order valence-corrected chi connectivity index (χ0v) is 34.1. The number of ether oxygens (including phenoxy) is 3. The number of hydrogen-bond donors (Lipinski definition) is 2. The quantitative estimate of drug-likeness (QED) is 0.0265. The second-order valence-electron chi connectivity index (χ2n) is 14.3. The molecule has 0 aromatic heterocycles. The van der Waals surface area contributed by atoms with Crippen molar-refractivity contribution in [3.05, 3.63) is 24.3 Å². The predicted octanol–water partition coefficient (Wildman–Crippen LogP) is 9.28. The first kappa shape index (κ1) is 51.3. The van der Waals surface area contributed by atoms with Gasteiger partial charge in [-0.2, -0.15) is 0 Å². The Morgan fingerprint density at radius 3 is 1.35 bits per heavy atom. The molecule has 12 heteroatoms. The molecule has 12 nitrogen and oxygen atoms in total. The average molecular weight is 780 g/mol. The van der Waals surface area contributed by atoms with Crippen LogP contribution < -0.4 is 0 Å². The van der Waals surface area contributed by atoms with E-state index in [-0.39, 0.29) is 30.9 Å². The lowest BCUT2D eigenvalue weighted by Gasteiger charge is -2.20. The summed E-state index contributed by atoms with van der Waals surface area (Å²) in [5, 5.41) is 18.0. The van der Waals surface area contributed by atoms with E-state index in [1.54, 1.807) is 0 Å². The predicted molar refractivity (Wildman–Crippen MR) is 213 cm³/mol. The molecular formula is C43H73NO11. The summed E-state index contributed by atoms with van der Waals surface area (Å²) in [6.45, 7) is 3.47. The first-order chi connectivity index (χ1) is 26.6. The van der Waals surface area contributed by atoms with Crippen molar-refractivity contribution < 1.29 is 53.2 Å². The summed E-state index contributed by atoms with van der Waals surface area (Å²) in [4.78, 5) is 72.0. The fourth-order valence-electron chi connectivity index (χ4n) is 5.95. The summed E-state index contributed by atoms with van der Waals surface area (Å²) >= 11 is 0. The van der Waals surface area contributed by atoms with Crippen LogP contribution in [0.25, 0.3) is 0 Å². The normalized spacial score (nSPS) is 11.3. The van der Waals surface area contributed by atoms with E-state index in [1.807, 2.05) is 12.2 Å². The van der Waals surface area contributed by atoms with Crippen LogP contribution in [0.2, 0.25) is 0 Å². The Kier molecular flexibility index (Phi) is 34.7. The number of amides is 1. The number of carboxylic acid groups (broad SMARTS) is 2. The largest absolute Gasteiger partial charge is 0.480 e. The van der Waals surface area contributed by atoms with Crippen LogP contribution in [0.4, 0.5) is 0 Å². The Morgan fingerprint density at radius 1 is 0.491 bits per heavy atom. The van der Waals surface area contributed by atoms with E-state index in [2.05, 4.69) is 26.0 Å². The Hall–Kier alpha value is -3.70. The summed E-state index contributed by atoms with van der Waals surface area (Å²) in [7, 11) is 0. The monoisotopic (exact) mass is 780 g/mol. The number of carboxylic acids is 2. The maximum absolute atomic E-state index is 12.7. The summed E-state index contributed by atoms with van der Waals surface area (Å²) in [5.41, 5.74) is 0. The molecule has 0 atom stereocenters. The Labute approximate surface area is 330 Å². The number of esters is 3. The number of rotatable bonds is 38. The summed E-state index contributed by atoms with van der Waals surface area (Å²) in [6.07, 6.45) is 29.4. The SMILES string of the molecule is CCCCCC/C=C\COC(=O)CCCCCCCC(CCCCCCCC(=O)OC/C=C\CCCCCC)OC(=O)CCC(=O)N(CC(=O)O)CC(=O)O. The van der Waals surface area contributed by atoms with Gasteiger partial charge in [0.2, 0.25) is 5.91 Å². The number of carbonyl (C=O) groups excluding carboxylic acids is 4. The van der Waals surface area contributed by atoms with Gasteiger partial charge in [0.1, 0.15) is 32.4 Å². The molecule has 0 spiro atoms. The van der Waals surface area contributed by atoms with Crippen molar-refractivity contribution in [3.63, 3.8) is 0 Å². The molecule has 0 unspecified atom stereocenters. The van der Waals surface area contributed by atoms with Gasteiger partial charge in [-0.15, -0.1) is 0 Å². The molecule has 0 aliphatic heterocycles. The molecule has 0 aromatic rings. The van der Waals surface area contributed by atoms with E-state index in [4.69, 9.17) is 24.4 Å². The number of aliphatic carboxylic acids is 2. The lowest BCUT2D eigenvalue weighted by molar-refractivity contribution is -0.153. The van der Waals surface area contributed by atoms with Crippen LogP contribution in [-0.2, 0) is 43.0 Å². The number of unbranched alkanes of at least 4 members (excludes halogenated alkanes) is 16. The van der Waals surface area contributed by atoms with Crippen LogP contribution in [0.5, 0.6) is 0 Å². The van der Waals surface area contributed by atoms with Gasteiger partial charge in [-0.3, -0.25) is 28.8 Å². The Morgan fingerprint density at radius 2 is 0.909 bits per heavy atom. The first-order valence-electron chi connectivity index (χ1n) is 21.1. The summed E-state index contributed by atoms with van der Waals surface area (Å²) < 4.78 is 16.3. The van der Waals surface area contributed by atoms with Gasteiger partial charge in [-0.25, -0.2) is 0 Å². The van der Waals surface area contributed by atoms with Crippen LogP contribution in [0, 0.1) is 0 Å². The zero-order valence-electron chi connectivity index (χ0n) is 34.1. The second kappa shape index (κ2) is 37.2. The molecule has 0 aromatic carbocycles. The zero-order chi connectivity index (χ0) is 40.8. The van der Waals surface area contributed by atoms with Gasteiger partial charge in [-0.1, -0.05) is 115 Å². The molecule has 0 radical (unpaired) electrons. The van der Waals surface area contributed by atoms with Gasteiger partial charge in [0.15, 0.2) is 0 Å². The smallest absolute Gasteiger partial charge is 0.323 e. The third kappa shape index (κ3) is 35.7. The lowest BCUT2D eigenvalue weighted by Crippen LogP contribution is -2.39. The molecule has 0 rings (SSSR count). The van der Waals surface area contributed by atoms with Crippen molar-refractivity contribution >= 4 is 35.8 Å². The van der Waals surface area contributed by atoms with Crippen molar-refractivity contribution in [3.8, 4) is 0 Å². The second-order valence-corrected chi connectivity index (χ2v) is 14.3. The molecule has 1 amide bonds. The van der Waals surface area contributed by atoms with E-state index in [1.165, 1.54) is 38.5 Å². The maximum atomic E-state index is 12.7. The van der Waals surface area contributed by atoms with Crippen molar-refractivity contribution in [2.24, 2.45) is 0 Å². The highest BCUT2D eigenvalue weighted by atomic mass is 16.5. The minimum atomic E-state index is -1.34. The standard InChI is InChI=1S/C43H73NO11/c1-3-5-7-9-11-19-25-33-53-41(50)29-23-17-13-15-21-27-37(55-43(52)32-31-38(45)44(35-39(46)47)36-40(48)49)28-22-16-14-18-24-30-42(51)54-34-26-20-12-10-8-6-4-2/h19-20,25-26,37H,3-18,21-24,27-36H2,1-2H3,(H,46,47)(H,48,49)/b25-19-,26-20-. The first-order valence-corrected chi connectivity index (χ1v) is 21.1. The van der Waals surface area contributed by atoms with E-state index in [0.29, 0.717) is 43.8 Å². The molecule has 55 heavy (non-hydrogen) atoms. The third-order valence-electron chi connectivity index (χ3n) is 9.12. The topological polar surface area (TPSA) is 174 Å².